The quantitative estimate of drug-likeness (QED) is 0.865. The normalized spacial score (nSPS) is 39.2. The molecule has 4 aliphatic rings. The molecule has 1 N–H and O–H groups in total. The third kappa shape index (κ3) is 1.61. The average Bonchev–Trinajstić information content (AvgIpc) is 2.94. The zero-order valence-corrected chi connectivity index (χ0v) is 10.2. The van der Waals surface area contributed by atoms with Gasteiger partial charge in [0.25, 0.3) is 0 Å². The number of amides is 1. The van der Waals surface area contributed by atoms with E-state index in [1.165, 1.54) is 12.8 Å². The Morgan fingerprint density at radius 2 is 1.83 bits per heavy atom. The van der Waals surface area contributed by atoms with Crippen LogP contribution in [0.15, 0.2) is 30.3 Å². The van der Waals surface area contributed by atoms with Gasteiger partial charge in [-0.05, 0) is 49.1 Å². The van der Waals surface area contributed by atoms with E-state index in [1.54, 1.807) is 0 Å². The summed E-state index contributed by atoms with van der Waals surface area (Å²) in [5, 5.41) is 2.80. The molecule has 0 saturated heterocycles. The summed E-state index contributed by atoms with van der Waals surface area (Å²) < 4.78 is 5.60. The maximum Gasteiger partial charge on any atom is 0.411 e. The lowest BCUT2D eigenvalue weighted by molar-refractivity contribution is 0.0453. The van der Waals surface area contributed by atoms with Gasteiger partial charge in [0.1, 0.15) is 6.10 Å². The zero-order chi connectivity index (χ0) is 12.1. The van der Waals surface area contributed by atoms with Crippen molar-refractivity contribution in [1.29, 1.82) is 0 Å². The summed E-state index contributed by atoms with van der Waals surface area (Å²) in [5.74, 6) is 3.24. The average molecular weight is 243 g/mol. The number of carbonyl (C=O) groups excluding carboxylic acids is 1. The summed E-state index contributed by atoms with van der Waals surface area (Å²) in [7, 11) is 0. The van der Waals surface area contributed by atoms with Crippen LogP contribution in [0.1, 0.15) is 19.3 Å². The highest BCUT2D eigenvalue weighted by Gasteiger charge is 2.64. The molecule has 3 nitrogen and oxygen atoms in total. The van der Waals surface area contributed by atoms with Gasteiger partial charge in [0.2, 0.25) is 0 Å². The maximum absolute atomic E-state index is 11.8. The van der Waals surface area contributed by atoms with Gasteiger partial charge in [-0.2, -0.15) is 0 Å². The number of rotatable bonds is 2. The lowest BCUT2D eigenvalue weighted by Crippen LogP contribution is -2.32. The number of hydrogen-bond donors (Lipinski definition) is 1. The van der Waals surface area contributed by atoms with Crippen LogP contribution in [0.5, 0.6) is 0 Å². The Hall–Kier alpha value is -1.51. The van der Waals surface area contributed by atoms with Gasteiger partial charge >= 0.3 is 6.09 Å². The SMILES string of the molecule is O=C(Nc1ccccc1)O[C@@H]1CC2C[C@@H]3C1[C@H]3C2. The predicted octanol–water partition coefficient (Wildman–Crippen LogP) is 3.28. The van der Waals surface area contributed by atoms with E-state index in [0.717, 1.165) is 29.9 Å². The van der Waals surface area contributed by atoms with E-state index in [-0.39, 0.29) is 12.2 Å². The first-order valence-electron chi connectivity index (χ1n) is 6.84. The third-order valence-corrected chi connectivity index (χ3v) is 4.88. The highest BCUT2D eigenvalue weighted by Crippen LogP contribution is 2.67. The van der Waals surface area contributed by atoms with Crippen LogP contribution in [0.2, 0.25) is 0 Å². The number of carbonyl (C=O) groups is 1. The van der Waals surface area contributed by atoms with Gasteiger partial charge in [-0.3, -0.25) is 5.32 Å². The molecule has 94 valence electrons. The highest BCUT2D eigenvalue weighted by atomic mass is 16.6. The lowest BCUT2D eigenvalue weighted by Gasteiger charge is -2.30. The lowest BCUT2D eigenvalue weighted by atomic mass is 9.83. The van der Waals surface area contributed by atoms with Crippen molar-refractivity contribution in [1.82, 2.24) is 0 Å². The molecule has 0 heterocycles. The van der Waals surface area contributed by atoms with Crippen molar-refractivity contribution < 1.29 is 9.53 Å². The van der Waals surface area contributed by atoms with Gasteiger partial charge in [0, 0.05) is 11.6 Å². The fourth-order valence-corrected chi connectivity index (χ4v) is 4.17. The van der Waals surface area contributed by atoms with Crippen LogP contribution in [-0.2, 0) is 4.74 Å². The van der Waals surface area contributed by atoms with Crippen LogP contribution >= 0.6 is 0 Å². The second-order valence-electron chi connectivity index (χ2n) is 5.91. The Balaban J connectivity index is 1.37. The second-order valence-corrected chi connectivity index (χ2v) is 5.91. The molecular formula is C15H17NO2. The molecule has 1 amide bonds. The fraction of sp³-hybridized carbons (Fsp3) is 0.533. The molecule has 18 heavy (non-hydrogen) atoms. The third-order valence-electron chi connectivity index (χ3n) is 4.88. The monoisotopic (exact) mass is 243 g/mol. The Kier molecular flexibility index (Phi) is 2.16. The molecule has 0 unspecified atom stereocenters. The van der Waals surface area contributed by atoms with E-state index >= 15 is 0 Å². The molecule has 1 aromatic rings. The van der Waals surface area contributed by atoms with Crippen molar-refractivity contribution in [3.8, 4) is 0 Å². The van der Waals surface area contributed by atoms with Gasteiger partial charge in [-0.15, -0.1) is 0 Å². The standard InChI is InChI=1S/C15H17NO2/c17-15(16-10-4-2-1-3-5-10)18-13-8-9-6-11-12(7-9)14(11)13/h1-5,9,11-14H,6-8H2,(H,16,17)/t9?,11-,12-,13+,14?/m0/s1. The molecule has 5 rings (SSSR count). The molecule has 3 heteroatoms. The van der Waals surface area contributed by atoms with E-state index in [9.17, 15) is 4.79 Å². The van der Waals surface area contributed by atoms with E-state index in [4.69, 9.17) is 4.74 Å². The van der Waals surface area contributed by atoms with Crippen molar-refractivity contribution in [2.24, 2.45) is 23.7 Å². The summed E-state index contributed by atoms with van der Waals surface area (Å²) in [5.41, 5.74) is 0.802. The number of anilines is 1. The van der Waals surface area contributed by atoms with Crippen molar-refractivity contribution in [2.45, 2.75) is 25.4 Å². The minimum absolute atomic E-state index is 0.177. The van der Waals surface area contributed by atoms with Crippen molar-refractivity contribution >= 4 is 11.8 Å². The van der Waals surface area contributed by atoms with Crippen LogP contribution in [0.25, 0.3) is 0 Å². The molecule has 4 saturated carbocycles. The first kappa shape index (κ1) is 10.4. The summed E-state index contributed by atoms with van der Waals surface area (Å²) in [4.78, 5) is 11.8. The minimum atomic E-state index is -0.293. The van der Waals surface area contributed by atoms with Crippen LogP contribution in [0.4, 0.5) is 10.5 Å². The highest BCUT2D eigenvalue weighted by molar-refractivity contribution is 5.84. The molecule has 4 fully saturated rings. The summed E-state index contributed by atoms with van der Waals surface area (Å²) in [6.45, 7) is 0. The smallest absolute Gasteiger partial charge is 0.411 e. The fourth-order valence-electron chi connectivity index (χ4n) is 4.17. The van der Waals surface area contributed by atoms with E-state index < -0.39 is 0 Å². The number of para-hydroxylation sites is 1. The Bertz CT molecular complexity index is 461. The van der Waals surface area contributed by atoms with Gasteiger partial charge in [0.15, 0.2) is 0 Å². The molecule has 4 bridgehead atoms. The van der Waals surface area contributed by atoms with Gasteiger partial charge in [0.05, 0.1) is 0 Å². The first-order valence-corrected chi connectivity index (χ1v) is 6.84. The van der Waals surface area contributed by atoms with Crippen molar-refractivity contribution in [3.05, 3.63) is 30.3 Å². The minimum Gasteiger partial charge on any atom is -0.446 e. The predicted molar refractivity (Wildman–Crippen MR) is 68.1 cm³/mol. The molecule has 3 atom stereocenters. The zero-order valence-electron chi connectivity index (χ0n) is 10.2. The number of benzene rings is 1. The first-order chi connectivity index (χ1) is 8.81. The van der Waals surface area contributed by atoms with Crippen molar-refractivity contribution in [3.63, 3.8) is 0 Å². The maximum atomic E-state index is 11.8. The number of hydrogen-bond acceptors (Lipinski definition) is 2. The molecule has 4 aliphatic carbocycles. The second kappa shape index (κ2) is 3.74. The van der Waals surface area contributed by atoms with E-state index in [1.807, 2.05) is 30.3 Å². The van der Waals surface area contributed by atoms with Gasteiger partial charge in [-0.25, -0.2) is 4.79 Å². The molecule has 0 spiro atoms. The van der Waals surface area contributed by atoms with Crippen LogP contribution in [0, 0.1) is 23.7 Å². The Morgan fingerprint density at radius 3 is 2.50 bits per heavy atom. The molecule has 0 aliphatic heterocycles. The van der Waals surface area contributed by atoms with Crippen LogP contribution in [-0.4, -0.2) is 12.2 Å². The summed E-state index contributed by atoms with van der Waals surface area (Å²) in [6.07, 6.45) is 3.74. The van der Waals surface area contributed by atoms with Gasteiger partial charge in [-0.1, -0.05) is 18.2 Å². The molecular weight excluding hydrogens is 226 g/mol. The van der Waals surface area contributed by atoms with E-state index in [2.05, 4.69) is 5.32 Å². The Morgan fingerprint density at radius 1 is 1.11 bits per heavy atom. The van der Waals surface area contributed by atoms with Crippen LogP contribution < -0.4 is 5.32 Å². The molecule has 0 radical (unpaired) electrons. The topological polar surface area (TPSA) is 38.3 Å². The van der Waals surface area contributed by atoms with E-state index in [0.29, 0.717) is 5.92 Å². The largest absolute Gasteiger partial charge is 0.446 e. The summed E-state index contributed by atoms with van der Waals surface area (Å²) >= 11 is 0. The number of ether oxygens (including phenoxy) is 1. The van der Waals surface area contributed by atoms with Crippen molar-refractivity contribution in [2.75, 3.05) is 5.32 Å². The number of fused-ring (bicyclic) bond motifs is 1. The molecule has 1 aromatic carbocycles. The van der Waals surface area contributed by atoms with Crippen LogP contribution in [0.3, 0.4) is 0 Å². The summed E-state index contributed by atoms with van der Waals surface area (Å²) in [6, 6.07) is 9.49. The molecule has 0 aromatic heterocycles. The number of nitrogens with one attached hydrogen (secondary N) is 1. The van der Waals surface area contributed by atoms with Gasteiger partial charge < -0.3 is 4.74 Å². The Labute approximate surface area is 107 Å².